The second-order valence-corrected chi connectivity index (χ2v) is 6.02. The van der Waals surface area contributed by atoms with E-state index in [1.165, 1.54) is 5.56 Å². The van der Waals surface area contributed by atoms with Crippen LogP contribution >= 0.6 is 0 Å². The summed E-state index contributed by atoms with van der Waals surface area (Å²) in [7, 11) is 0. The molecule has 1 aromatic carbocycles. The molecule has 126 valence electrons. The third-order valence-electron chi connectivity index (χ3n) is 4.24. The van der Waals surface area contributed by atoms with E-state index in [0.717, 1.165) is 31.9 Å². The van der Waals surface area contributed by atoms with Crippen LogP contribution in [0.25, 0.3) is 0 Å². The number of anilines is 1. The maximum atomic E-state index is 12.2. The number of amides is 1. The molecule has 1 saturated heterocycles. The average molecular weight is 324 g/mol. The van der Waals surface area contributed by atoms with Gasteiger partial charge in [0.15, 0.2) is 0 Å². The summed E-state index contributed by atoms with van der Waals surface area (Å²) in [5, 5.41) is 6.47. The van der Waals surface area contributed by atoms with E-state index in [1.54, 1.807) is 12.3 Å². The van der Waals surface area contributed by atoms with Gasteiger partial charge in [0.1, 0.15) is 5.82 Å². The molecule has 1 amide bonds. The molecular weight excluding hydrogens is 300 g/mol. The minimum atomic E-state index is -0.0322. The molecule has 3 rings (SSSR count). The van der Waals surface area contributed by atoms with Crippen LogP contribution in [0.15, 0.2) is 48.7 Å². The van der Waals surface area contributed by atoms with Gasteiger partial charge in [0.2, 0.25) is 0 Å². The highest BCUT2D eigenvalue weighted by molar-refractivity contribution is 5.94. The van der Waals surface area contributed by atoms with Gasteiger partial charge in [-0.15, -0.1) is 0 Å². The van der Waals surface area contributed by atoms with Crippen LogP contribution in [-0.4, -0.2) is 37.1 Å². The Hall–Kier alpha value is -2.40. The number of aromatic nitrogens is 1. The van der Waals surface area contributed by atoms with Crippen molar-refractivity contribution in [3.05, 3.63) is 59.8 Å². The zero-order valence-corrected chi connectivity index (χ0v) is 14.0. The highest BCUT2D eigenvalue weighted by Crippen LogP contribution is 2.21. The van der Waals surface area contributed by atoms with E-state index in [-0.39, 0.29) is 11.9 Å². The molecule has 0 aliphatic carbocycles. The fraction of sp³-hybridized carbons (Fsp3) is 0.368. The summed E-state index contributed by atoms with van der Waals surface area (Å²) in [4.78, 5) is 18.9. The van der Waals surface area contributed by atoms with Gasteiger partial charge in [-0.1, -0.05) is 37.3 Å². The lowest BCUT2D eigenvalue weighted by molar-refractivity contribution is 0.0953. The topological polar surface area (TPSA) is 57.3 Å². The molecular formula is C19H24N4O. The Bertz CT molecular complexity index is 674. The monoisotopic (exact) mass is 324 g/mol. The van der Waals surface area contributed by atoms with Gasteiger partial charge in [-0.25, -0.2) is 4.98 Å². The van der Waals surface area contributed by atoms with E-state index in [1.807, 2.05) is 19.1 Å². The maximum Gasteiger partial charge on any atom is 0.251 e. The molecule has 1 aliphatic heterocycles. The first kappa shape index (κ1) is 16.5. The molecule has 0 saturated carbocycles. The van der Waals surface area contributed by atoms with Gasteiger partial charge in [0, 0.05) is 44.0 Å². The van der Waals surface area contributed by atoms with Crippen molar-refractivity contribution in [1.29, 1.82) is 0 Å². The second-order valence-electron chi connectivity index (χ2n) is 6.02. The molecule has 24 heavy (non-hydrogen) atoms. The number of rotatable bonds is 5. The third-order valence-corrected chi connectivity index (χ3v) is 4.24. The fourth-order valence-corrected chi connectivity index (χ4v) is 2.94. The Kier molecular flexibility index (Phi) is 5.43. The average Bonchev–Trinajstić information content (AvgIpc) is 2.67. The summed E-state index contributed by atoms with van der Waals surface area (Å²) in [5.41, 5.74) is 1.95. The van der Waals surface area contributed by atoms with Gasteiger partial charge in [-0.3, -0.25) is 4.79 Å². The molecule has 1 aromatic heterocycles. The highest BCUT2D eigenvalue weighted by Gasteiger charge is 2.22. The van der Waals surface area contributed by atoms with Crippen LogP contribution in [-0.2, 0) is 0 Å². The third kappa shape index (κ3) is 3.92. The molecule has 1 atom stereocenters. The molecule has 0 spiro atoms. The minimum Gasteiger partial charge on any atom is -0.353 e. The SMILES string of the molecule is CCCNC(=O)c1ccnc(N2CCN[C@@H](c3ccccc3)C2)c1. The van der Waals surface area contributed by atoms with Crippen molar-refractivity contribution in [2.45, 2.75) is 19.4 Å². The zero-order valence-electron chi connectivity index (χ0n) is 14.0. The molecule has 2 N–H and O–H groups in total. The van der Waals surface area contributed by atoms with E-state index >= 15 is 0 Å². The van der Waals surface area contributed by atoms with Gasteiger partial charge in [0.25, 0.3) is 5.91 Å². The minimum absolute atomic E-state index is 0.0322. The van der Waals surface area contributed by atoms with Gasteiger partial charge < -0.3 is 15.5 Å². The Labute approximate surface area is 143 Å². The largest absolute Gasteiger partial charge is 0.353 e. The number of nitrogens with zero attached hydrogens (tertiary/aromatic N) is 2. The summed E-state index contributed by atoms with van der Waals surface area (Å²) in [5.74, 6) is 0.830. The number of pyridine rings is 1. The molecule has 1 aliphatic rings. The maximum absolute atomic E-state index is 12.2. The number of nitrogens with one attached hydrogen (secondary N) is 2. The quantitative estimate of drug-likeness (QED) is 0.886. The van der Waals surface area contributed by atoms with Gasteiger partial charge >= 0.3 is 0 Å². The number of hydrogen-bond donors (Lipinski definition) is 2. The van der Waals surface area contributed by atoms with Gasteiger partial charge in [-0.2, -0.15) is 0 Å². The normalized spacial score (nSPS) is 17.5. The van der Waals surface area contributed by atoms with Crippen molar-refractivity contribution in [3.63, 3.8) is 0 Å². The highest BCUT2D eigenvalue weighted by atomic mass is 16.1. The first-order valence-electron chi connectivity index (χ1n) is 8.55. The van der Waals surface area contributed by atoms with Crippen LogP contribution in [0.5, 0.6) is 0 Å². The van der Waals surface area contributed by atoms with Crippen LogP contribution in [0.2, 0.25) is 0 Å². The summed E-state index contributed by atoms with van der Waals surface area (Å²) in [6.45, 7) is 5.36. The predicted octanol–water partition coefficient (Wildman–Crippen LogP) is 2.37. The summed E-state index contributed by atoms with van der Waals surface area (Å²) in [6.07, 6.45) is 2.65. The number of piperazine rings is 1. The smallest absolute Gasteiger partial charge is 0.251 e. The zero-order chi connectivity index (χ0) is 16.8. The van der Waals surface area contributed by atoms with Crippen LogP contribution in [0.4, 0.5) is 5.82 Å². The lowest BCUT2D eigenvalue weighted by Gasteiger charge is -2.34. The van der Waals surface area contributed by atoms with Crippen molar-refractivity contribution >= 4 is 11.7 Å². The molecule has 5 nitrogen and oxygen atoms in total. The summed E-state index contributed by atoms with van der Waals surface area (Å²) < 4.78 is 0. The van der Waals surface area contributed by atoms with Crippen molar-refractivity contribution in [2.75, 3.05) is 31.1 Å². The van der Waals surface area contributed by atoms with E-state index in [4.69, 9.17) is 0 Å². The van der Waals surface area contributed by atoms with Crippen LogP contribution in [0.3, 0.4) is 0 Å². The number of carbonyl (C=O) groups is 1. The van der Waals surface area contributed by atoms with Crippen molar-refractivity contribution in [1.82, 2.24) is 15.6 Å². The predicted molar refractivity (Wildman–Crippen MR) is 96.3 cm³/mol. The standard InChI is InChI=1S/C19H24N4O/c1-2-9-22-19(24)16-8-10-21-18(13-16)23-12-11-20-17(14-23)15-6-4-3-5-7-15/h3-8,10,13,17,20H,2,9,11-12,14H2,1H3,(H,22,24)/t17-/m1/s1. The summed E-state index contributed by atoms with van der Waals surface area (Å²) >= 11 is 0. The molecule has 2 heterocycles. The Morgan fingerprint density at radius 2 is 2.17 bits per heavy atom. The molecule has 0 radical (unpaired) electrons. The summed E-state index contributed by atoms with van der Waals surface area (Å²) in [6, 6.07) is 14.4. The lowest BCUT2D eigenvalue weighted by atomic mass is 10.0. The van der Waals surface area contributed by atoms with Crippen LogP contribution < -0.4 is 15.5 Å². The van der Waals surface area contributed by atoms with E-state index in [2.05, 4.69) is 44.8 Å². The second kappa shape index (κ2) is 7.93. The number of benzene rings is 1. The fourth-order valence-electron chi connectivity index (χ4n) is 2.94. The number of hydrogen-bond acceptors (Lipinski definition) is 4. The molecule has 0 bridgehead atoms. The van der Waals surface area contributed by atoms with Crippen LogP contribution in [0.1, 0.15) is 35.3 Å². The first-order valence-corrected chi connectivity index (χ1v) is 8.55. The van der Waals surface area contributed by atoms with E-state index in [0.29, 0.717) is 12.1 Å². The first-order chi connectivity index (χ1) is 11.8. The lowest BCUT2D eigenvalue weighted by Crippen LogP contribution is -2.46. The Morgan fingerprint density at radius 1 is 1.33 bits per heavy atom. The van der Waals surface area contributed by atoms with Crippen LogP contribution in [0, 0.1) is 0 Å². The van der Waals surface area contributed by atoms with Gasteiger partial charge in [-0.05, 0) is 24.1 Å². The van der Waals surface area contributed by atoms with Crippen molar-refractivity contribution < 1.29 is 4.79 Å². The molecule has 2 aromatic rings. The Balaban J connectivity index is 1.73. The number of carbonyl (C=O) groups excluding carboxylic acids is 1. The van der Waals surface area contributed by atoms with Crippen molar-refractivity contribution in [2.24, 2.45) is 0 Å². The molecule has 5 heteroatoms. The Morgan fingerprint density at radius 3 is 2.96 bits per heavy atom. The van der Waals surface area contributed by atoms with E-state index < -0.39 is 0 Å². The van der Waals surface area contributed by atoms with Gasteiger partial charge in [0.05, 0.1) is 0 Å². The van der Waals surface area contributed by atoms with E-state index in [9.17, 15) is 4.79 Å². The molecule has 1 fully saturated rings. The molecule has 0 unspecified atom stereocenters. The van der Waals surface area contributed by atoms with Crippen molar-refractivity contribution in [3.8, 4) is 0 Å².